The van der Waals surface area contributed by atoms with Crippen molar-refractivity contribution in [2.45, 2.75) is 6.10 Å². The third-order valence-electron chi connectivity index (χ3n) is 0.421. The number of hydrogen-bond donors (Lipinski definition) is 3. The third kappa shape index (κ3) is 10.8. The fourth-order valence-electron chi connectivity index (χ4n) is 0.0577. The van der Waals surface area contributed by atoms with E-state index in [1.54, 1.807) is 0 Å². The van der Waals surface area contributed by atoms with Crippen molar-refractivity contribution in [2.24, 2.45) is 0 Å². The van der Waals surface area contributed by atoms with Crippen LogP contribution in [0.3, 0.4) is 0 Å². The largest absolute Gasteiger partial charge is 1.00 e. The van der Waals surface area contributed by atoms with Gasteiger partial charge in [-0.1, -0.05) is 0 Å². The monoisotopic (exact) mass is 140 g/mol. The molecule has 8 heavy (non-hydrogen) atoms. The molecule has 0 saturated heterocycles. The zero-order valence-corrected chi connectivity index (χ0v) is 9.33. The van der Waals surface area contributed by atoms with Crippen molar-refractivity contribution in [1.82, 2.24) is 0 Å². The molecule has 0 spiro atoms. The smallest absolute Gasteiger partial charge is 1.00 e. The van der Waals surface area contributed by atoms with E-state index >= 15 is 0 Å². The summed E-state index contributed by atoms with van der Waals surface area (Å²) in [5.74, 6) is 0. The van der Waals surface area contributed by atoms with Gasteiger partial charge in [-0.3, -0.25) is 0 Å². The molecule has 0 aromatic heterocycles. The van der Waals surface area contributed by atoms with Crippen LogP contribution >= 0.6 is 0 Å². The first-order valence-corrected chi connectivity index (χ1v) is 1.71. The van der Waals surface area contributed by atoms with E-state index in [0.29, 0.717) is 0 Å². The minimum Gasteiger partial charge on any atom is -1.00 e. The molecule has 5 heteroatoms. The van der Waals surface area contributed by atoms with Gasteiger partial charge in [-0.05, 0) is 0 Å². The molecular weight excluding hydrogens is 130 g/mol. The molecule has 0 saturated carbocycles. The van der Waals surface area contributed by atoms with Gasteiger partial charge in [-0.25, -0.2) is 0 Å². The van der Waals surface area contributed by atoms with Gasteiger partial charge in [0.2, 0.25) is 0 Å². The van der Waals surface area contributed by atoms with Crippen LogP contribution in [0.5, 0.6) is 0 Å². The van der Waals surface area contributed by atoms with Crippen LogP contribution in [-0.4, -0.2) is 34.6 Å². The number of rotatable bonds is 2. The second-order valence-corrected chi connectivity index (χ2v) is 1.02. The van der Waals surface area contributed by atoms with Crippen LogP contribution in [0.15, 0.2) is 0 Å². The molecule has 0 aliphatic heterocycles. The fraction of sp³-hybridized carbons (Fsp3) is 1.00. The van der Waals surface area contributed by atoms with Crippen LogP contribution in [0.1, 0.15) is 2.85 Å². The molecule has 0 amide bonds. The van der Waals surface area contributed by atoms with Gasteiger partial charge in [-0.2, -0.15) is 0 Å². The molecule has 0 bridgehead atoms. The Balaban J connectivity index is -0.0000000208. The van der Waals surface area contributed by atoms with Crippen LogP contribution in [0, 0.1) is 0 Å². The van der Waals surface area contributed by atoms with Crippen molar-refractivity contribution < 1.29 is 77.3 Å². The van der Waals surface area contributed by atoms with Gasteiger partial charge in [-0.15, -0.1) is 0 Å². The summed E-state index contributed by atoms with van der Waals surface area (Å²) < 4.78 is 0. The maximum atomic E-state index is 8.17. The van der Waals surface area contributed by atoms with E-state index in [1.165, 1.54) is 0 Å². The second kappa shape index (κ2) is 11.6. The van der Waals surface area contributed by atoms with Gasteiger partial charge >= 0.3 is 59.1 Å². The zero-order chi connectivity index (χ0) is 4.99. The van der Waals surface area contributed by atoms with Gasteiger partial charge in [0.25, 0.3) is 0 Å². The standard InChI is InChI=1S/C3H8O3.2Na.2H/c4-1-3(6)2-5;;;;/h3-6H,1-2H2;;;;/q;2*+1;2*-1. The Morgan fingerprint density at radius 1 is 1.12 bits per heavy atom. The molecule has 42 valence electrons. The van der Waals surface area contributed by atoms with Crippen LogP contribution in [-0.2, 0) is 0 Å². The van der Waals surface area contributed by atoms with Crippen molar-refractivity contribution in [3.05, 3.63) is 0 Å². The molecule has 0 aliphatic carbocycles. The first kappa shape index (κ1) is 16.5. The van der Waals surface area contributed by atoms with E-state index in [0.717, 1.165) is 0 Å². The molecule has 0 aromatic rings. The number of aliphatic hydroxyl groups excluding tert-OH is 3. The SMILES string of the molecule is OCC(O)CO.[H-].[H-].[Na+].[Na+]. The summed E-state index contributed by atoms with van der Waals surface area (Å²) in [6.45, 7) is -0.729. The van der Waals surface area contributed by atoms with Gasteiger partial charge in [0.15, 0.2) is 0 Å². The van der Waals surface area contributed by atoms with E-state index in [2.05, 4.69) is 0 Å². The van der Waals surface area contributed by atoms with Gasteiger partial charge in [0, 0.05) is 0 Å². The van der Waals surface area contributed by atoms with Crippen molar-refractivity contribution in [2.75, 3.05) is 13.2 Å². The Labute approximate surface area is 95.6 Å². The summed E-state index contributed by atoms with van der Waals surface area (Å²) in [7, 11) is 0. The van der Waals surface area contributed by atoms with Crippen molar-refractivity contribution in [3.63, 3.8) is 0 Å². The van der Waals surface area contributed by atoms with E-state index in [9.17, 15) is 0 Å². The van der Waals surface area contributed by atoms with Crippen LogP contribution in [0.25, 0.3) is 0 Å². The van der Waals surface area contributed by atoms with E-state index in [4.69, 9.17) is 15.3 Å². The minimum atomic E-state index is -0.954. The summed E-state index contributed by atoms with van der Waals surface area (Å²) in [4.78, 5) is 0. The first-order valence-electron chi connectivity index (χ1n) is 1.71. The van der Waals surface area contributed by atoms with Crippen LogP contribution in [0.4, 0.5) is 0 Å². The Hall–Kier alpha value is 1.88. The first-order chi connectivity index (χ1) is 2.81. The van der Waals surface area contributed by atoms with Crippen molar-refractivity contribution in [1.29, 1.82) is 0 Å². The normalized spacial score (nSPS) is 7.50. The number of aliphatic hydroxyl groups is 3. The second-order valence-electron chi connectivity index (χ2n) is 1.02. The Bertz CT molecular complexity index is 38.9. The maximum Gasteiger partial charge on any atom is 1.00 e. The average molecular weight is 140 g/mol. The molecule has 0 aromatic carbocycles. The molecule has 3 nitrogen and oxygen atoms in total. The summed E-state index contributed by atoms with van der Waals surface area (Å²) in [6.07, 6.45) is -0.954. The Morgan fingerprint density at radius 3 is 1.38 bits per heavy atom. The molecule has 0 radical (unpaired) electrons. The zero-order valence-electron chi connectivity index (χ0n) is 7.33. The van der Waals surface area contributed by atoms with Gasteiger partial charge < -0.3 is 18.2 Å². The molecule has 0 aliphatic rings. The molecule has 3 N–H and O–H groups in total. The number of hydrogen-bond acceptors (Lipinski definition) is 3. The third-order valence-corrected chi connectivity index (χ3v) is 0.421. The molecule has 0 fully saturated rings. The Morgan fingerprint density at radius 2 is 1.38 bits per heavy atom. The average Bonchev–Trinajstić information content (AvgIpc) is 1.65. The van der Waals surface area contributed by atoms with Crippen molar-refractivity contribution >= 4 is 0 Å². The predicted molar refractivity (Wildman–Crippen MR) is 22.4 cm³/mol. The van der Waals surface area contributed by atoms with E-state index in [-0.39, 0.29) is 75.2 Å². The van der Waals surface area contributed by atoms with E-state index < -0.39 is 6.10 Å². The quantitative estimate of drug-likeness (QED) is 0.334. The van der Waals surface area contributed by atoms with Crippen LogP contribution < -0.4 is 59.1 Å². The minimum absolute atomic E-state index is 0. The van der Waals surface area contributed by atoms with Crippen molar-refractivity contribution in [3.8, 4) is 0 Å². The molecule has 0 atom stereocenters. The topological polar surface area (TPSA) is 60.7 Å². The molecule has 0 heterocycles. The summed E-state index contributed by atoms with van der Waals surface area (Å²) in [6, 6.07) is 0. The molecule has 0 unspecified atom stereocenters. The maximum absolute atomic E-state index is 8.17. The summed E-state index contributed by atoms with van der Waals surface area (Å²) >= 11 is 0. The molecular formula is C3H10Na2O3. The summed E-state index contributed by atoms with van der Waals surface area (Å²) in [5, 5.41) is 24.0. The van der Waals surface area contributed by atoms with E-state index in [1.807, 2.05) is 0 Å². The summed E-state index contributed by atoms with van der Waals surface area (Å²) in [5.41, 5.74) is 0. The van der Waals surface area contributed by atoms with Crippen LogP contribution in [0.2, 0.25) is 0 Å². The fourth-order valence-corrected chi connectivity index (χ4v) is 0.0577. The van der Waals surface area contributed by atoms with Gasteiger partial charge in [0.1, 0.15) is 6.10 Å². The Kier molecular flexibility index (Phi) is 24.0. The van der Waals surface area contributed by atoms with Gasteiger partial charge in [0.05, 0.1) is 13.2 Å². The predicted octanol–water partition coefficient (Wildman–Crippen LogP) is -7.44. The molecule has 0 rings (SSSR count).